The third-order valence-electron chi connectivity index (χ3n) is 2.43. The third kappa shape index (κ3) is 2.30. The first-order valence-electron chi connectivity index (χ1n) is 4.54. The summed E-state index contributed by atoms with van der Waals surface area (Å²) in [4.78, 5) is 11.3. The van der Waals surface area contributed by atoms with Crippen LogP contribution in [0.4, 0.5) is 0 Å². The minimum atomic E-state index is -0.204. The molecule has 0 fully saturated rings. The van der Waals surface area contributed by atoms with Gasteiger partial charge < -0.3 is 10.1 Å². The van der Waals surface area contributed by atoms with Crippen molar-refractivity contribution in [3.63, 3.8) is 0 Å². The number of carbonyl (C=O) groups is 1. The van der Waals surface area contributed by atoms with E-state index in [1.165, 1.54) is 5.56 Å². The number of carbonyl (C=O) groups excluding carboxylic acids is 1. The van der Waals surface area contributed by atoms with Crippen molar-refractivity contribution in [2.75, 3.05) is 6.54 Å². The minimum absolute atomic E-state index is 0. The van der Waals surface area contributed by atoms with Gasteiger partial charge in [-0.3, -0.25) is 0 Å². The van der Waals surface area contributed by atoms with Crippen molar-refractivity contribution < 1.29 is 37.5 Å². The van der Waals surface area contributed by atoms with Gasteiger partial charge in [0, 0.05) is 0 Å². The summed E-state index contributed by atoms with van der Waals surface area (Å²) in [6, 6.07) is 7.87. The van der Waals surface area contributed by atoms with E-state index in [0.29, 0.717) is 0 Å². The van der Waals surface area contributed by atoms with Gasteiger partial charge in [0.2, 0.25) is 0 Å². The quantitative estimate of drug-likeness (QED) is 0.764. The van der Waals surface area contributed by atoms with Gasteiger partial charge in [0.05, 0.1) is 0 Å². The maximum absolute atomic E-state index is 11.3. The van der Waals surface area contributed by atoms with Gasteiger partial charge in [-0.15, -0.1) is 6.54 Å². The predicted octanol–water partition coefficient (Wildman–Crippen LogP) is 2.24. The summed E-state index contributed by atoms with van der Waals surface area (Å²) in [6.45, 7) is 2.39. The van der Waals surface area contributed by atoms with Crippen molar-refractivity contribution in [1.82, 2.24) is 0 Å². The van der Waals surface area contributed by atoms with E-state index in [-0.39, 0.29) is 44.5 Å². The second-order valence-electron chi connectivity index (χ2n) is 3.37. The fraction of sp³-hybridized carbons (Fsp3) is 0.364. The Morgan fingerprint density at radius 1 is 1.43 bits per heavy atom. The standard InChI is InChI=1S/C11H12NO.Y/c1-8(13)11-10-5-3-2-4-9(10)6-7-12-11;/h2-5,11H,6-7H2,1H3;/q-1;+3. The Balaban J connectivity index is 0.000000980. The van der Waals surface area contributed by atoms with Crippen molar-refractivity contribution in [2.24, 2.45) is 0 Å². The van der Waals surface area contributed by atoms with Crippen LogP contribution in [0.1, 0.15) is 24.1 Å². The molecule has 0 saturated carbocycles. The largest absolute Gasteiger partial charge is 3.00 e. The fourth-order valence-electron chi connectivity index (χ4n) is 1.79. The predicted molar refractivity (Wildman–Crippen MR) is 51.8 cm³/mol. The Morgan fingerprint density at radius 3 is 2.86 bits per heavy atom. The number of Topliss-reactive ketones (excluding diaryl/α,β-unsaturated/α-hetero) is 1. The van der Waals surface area contributed by atoms with Crippen LogP contribution in [0, 0.1) is 0 Å². The number of nitrogens with zero attached hydrogens (tertiary/aromatic N) is 1. The summed E-state index contributed by atoms with van der Waals surface area (Å²) in [5.74, 6) is 0.146. The van der Waals surface area contributed by atoms with Crippen molar-refractivity contribution in [1.29, 1.82) is 0 Å². The maximum Gasteiger partial charge on any atom is 3.00 e. The van der Waals surface area contributed by atoms with Gasteiger partial charge in [0.1, 0.15) is 5.78 Å². The number of hydrogen-bond donors (Lipinski definition) is 0. The van der Waals surface area contributed by atoms with Gasteiger partial charge in [-0.1, -0.05) is 29.8 Å². The number of fused-ring (bicyclic) bond motifs is 1. The van der Waals surface area contributed by atoms with E-state index in [2.05, 4.69) is 11.4 Å². The normalized spacial score (nSPS) is 19.4. The molecule has 2 rings (SSSR count). The topological polar surface area (TPSA) is 31.2 Å². The minimum Gasteiger partial charge on any atom is -0.649 e. The zero-order valence-corrected chi connectivity index (χ0v) is 11.1. The second kappa shape index (κ2) is 5.15. The molecule has 68 valence electrons. The molecule has 14 heavy (non-hydrogen) atoms. The van der Waals surface area contributed by atoms with E-state index in [1.807, 2.05) is 18.2 Å². The summed E-state index contributed by atoms with van der Waals surface area (Å²) in [6.07, 6.45) is 0.972. The average molecular weight is 263 g/mol. The average Bonchev–Trinajstić information content (AvgIpc) is 2.17. The molecular weight excluding hydrogens is 251 g/mol. The zero-order valence-electron chi connectivity index (χ0n) is 8.23. The van der Waals surface area contributed by atoms with Crippen LogP contribution in [0.2, 0.25) is 0 Å². The zero-order chi connectivity index (χ0) is 9.26. The molecule has 0 bridgehead atoms. The SMILES string of the molecule is CC(=O)C1[N-]CCc2ccccc21.[Y+3]. The van der Waals surface area contributed by atoms with Crippen LogP contribution in [-0.2, 0) is 43.9 Å². The molecule has 1 aliphatic rings. The summed E-state index contributed by atoms with van der Waals surface area (Å²) >= 11 is 0. The fourth-order valence-corrected chi connectivity index (χ4v) is 1.79. The molecule has 0 N–H and O–H groups in total. The molecule has 2 nitrogen and oxygen atoms in total. The molecule has 0 spiro atoms. The second-order valence-corrected chi connectivity index (χ2v) is 3.37. The molecule has 1 heterocycles. The summed E-state index contributed by atoms with van der Waals surface area (Å²) in [5, 5.41) is 4.32. The van der Waals surface area contributed by atoms with Gasteiger partial charge in [-0.2, -0.15) is 0 Å². The van der Waals surface area contributed by atoms with Crippen LogP contribution in [0.5, 0.6) is 0 Å². The van der Waals surface area contributed by atoms with Crippen LogP contribution in [0.3, 0.4) is 0 Å². The number of rotatable bonds is 1. The third-order valence-corrected chi connectivity index (χ3v) is 2.43. The van der Waals surface area contributed by atoms with Crippen molar-refractivity contribution in [2.45, 2.75) is 19.4 Å². The van der Waals surface area contributed by atoms with E-state index in [9.17, 15) is 4.79 Å². The van der Waals surface area contributed by atoms with Crippen molar-refractivity contribution in [3.05, 3.63) is 40.7 Å². The van der Waals surface area contributed by atoms with Crippen LogP contribution in [0.25, 0.3) is 5.32 Å². The molecule has 0 amide bonds. The molecule has 0 aliphatic carbocycles. The Kier molecular flexibility index (Phi) is 4.43. The van der Waals surface area contributed by atoms with Crippen LogP contribution in [0.15, 0.2) is 24.3 Å². The van der Waals surface area contributed by atoms with E-state index in [0.717, 1.165) is 18.5 Å². The number of benzene rings is 1. The molecule has 1 aromatic rings. The van der Waals surface area contributed by atoms with E-state index >= 15 is 0 Å². The Labute approximate surface area is 109 Å². The van der Waals surface area contributed by atoms with Crippen molar-refractivity contribution >= 4 is 5.78 Å². The molecule has 1 unspecified atom stereocenters. The van der Waals surface area contributed by atoms with Crippen molar-refractivity contribution in [3.8, 4) is 0 Å². The Bertz CT molecular complexity index is 338. The monoisotopic (exact) mass is 263 g/mol. The van der Waals surface area contributed by atoms with E-state index in [4.69, 9.17) is 0 Å². The number of hydrogen-bond acceptors (Lipinski definition) is 1. The molecule has 1 aromatic carbocycles. The van der Waals surface area contributed by atoms with Crippen LogP contribution in [-0.4, -0.2) is 12.3 Å². The molecule has 1 aliphatic heterocycles. The summed E-state index contributed by atoms with van der Waals surface area (Å²) < 4.78 is 0. The first-order valence-corrected chi connectivity index (χ1v) is 4.54. The van der Waals surface area contributed by atoms with Crippen LogP contribution >= 0.6 is 0 Å². The molecule has 0 radical (unpaired) electrons. The summed E-state index contributed by atoms with van der Waals surface area (Å²) in [7, 11) is 0. The molecule has 3 heteroatoms. The molecule has 1 atom stereocenters. The van der Waals surface area contributed by atoms with E-state index < -0.39 is 0 Å². The van der Waals surface area contributed by atoms with Gasteiger partial charge in [-0.05, 0) is 24.9 Å². The Morgan fingerprint density at radius 2 is 2.14 bits per heavy atom. The van der Waals surface area contributed by atoms with Crippen LogP contribution < -0.4 is 0 Å². The van der Waals surface area contributed by atoms with E-state index in [1.54, 1.807) is 6.92 Å². The van der Waals surface area contributed by atoms with Gasteiger partial charge in [0.15, 0.2) is 0 Å². The molecular formula is C11H12NOY+2. The maximum atomic E-state index is 11.3. The molecule has 0 aromatic heterocycles. The first-order chi connectivity index (χ1) is 6.29. The molecule has 0 saturated heterocycles. The van der Waals surface area contributed by atoms with Gasteiger partial charge in [0.25, 0.3) is 0 Å². The van der Waals surface area contributed by atoms with Gasteiger partial charge in [-0.25, -0.2) is 0 Å². The number of ketones is 1. The first kappa shape index (κ1) is 12.0. The Hall–Kier alpha value is -0.0461. The smallest absolute Gasteiger partial charge is 0.649 e. The summed E-state index contributed by atoms with van der Waals surface area (Å²) in [5.41, 5.74) is 2.37. The van der Waals surface area contributed by atoms with Gasteiger partial charge >= 0.3 is 32.7 Å².